The molecule has 0 saturated carbocycles. The largest absolute Gasteiger partial charge is 0.319 e. The second-order valence-electron chi connectivity index (χ2n) is 4.45. The van der Waals surface area contributed by atoms with Crippen LogP contribution in [0, 0.1) is 10.1 Å². The number of rotatable bonds is 3. The molecule has 0 atom stereocenters. The van der Waals surface area contributed by atoms with Crippen LogP contribution in [0.4, 0.5) is 11.4 Å². The van der Waals surface area contributed by atoms with Crippen LogP contribution in [0.2, 0.25) is 0 Å². The first-order valence-corrected chi connectivity index (χ1v) is 7.79. The van der Waals surface area contributed by atoms with E-state index >= 15 is 0 Å². The van der Waals surface area contributed by atoms with Crippen molar-refractivity contribution in [2.75, 3.05) is 5.32 Å². The zero-order valence-corrected chi connectivity index (χ0v) is 14.4. The van der Waals surface area contributed by atoms with Crippen molar-refractivity contribution in [3.05, 3.63) is 61.4 Å². The lowest BCUT2D eigenvalue weighted by atomic mass is 10.2. The van der Waals surface area contributed by atoms with Gasteiger partial charge in [0.2, 0.25) is 0 Å². The smallest absolute Gasteiger partial charge is 0.276 e. The second-order valence-corrected chi connectivity index (χ2v) is 6.16. The Morgan fingerprint density at radius 1 is 1.26 bits per heavy atom. The summed E-state index contributed by atoms with van der Waals surface area (Å²) in [6.07, 6.45) is 3.28. The van der Waals surface area contributed by atoms with Crippen molar-refractivity contribution in [2.24, 2.45) is 0 Å². The second kappa shape index (κ2) is 6.05. The summed E-state index contributed by atoms with van der Waals surface area (Å²) < 4.78 is 2.25. The van der Waals surface area contributed by atoms with Crippen LogP contribution in [-0.4, -0.2) is 25.4 Å². The van der Waals surface area contributed by atoms with E-state index in [-0.39, 0.29) is 11.4 Å². The molecule has 0 aliphatic carbocycles. The number of benzene rings is 1. The van der Waals surface area contributed by atoms with Crippen LogP contribution in [0.1, 0.15) is 10.5 Å². The lowest BCUT2D eigenvalue weighted by molar-refractivity contribution is -0.385. The number of amides is 1. The number of hydrogen-bond donors (Lipinski definition) is 1. The molecule has 0 fully saturated rings. The Balaban J connectivity index is 1.92. The number of hydrogen-bond acceptors (Lipinski definition) is 5. The molecule has 8 nitrogen and oxygen atoms in total. The number of halogens is 2. The number of non-ortho nitro benzene ring substituents is 1. The van der Waals surface area contributed by atoms with E-state index in [1.165, 1.54) is 16.6 Å². The van der Waals surface area contributed by atoms with Crippen LogP contribution in [0.25, 0.3) is 5.65 Å². The van der Waals surface area contributed by atoms with Gasteiger partial charge in [-0.05, 0) is 37.9 Å². The van der Waals surface area contributed by atoms with Gasteiger partial charge in [0.25, 0.3) is 11.6 Å². The summed E-state index contributed by atoms with van der Waals surface area (Å²) in [6, 6.07) is 5.87. The van der Waals surface area contributed by atoms with E-state index in [2.05, 4.69) is 47.3 Å². The predicted octanol–water partition coefficient (Wildman–Crippen LogP) is 3.41. The molecule has 0 unspecified atom stereocenters. The van der Waals surface area contributed by atoms with E-state index in [0.29, 0.717) is 20.3 Å². The van der Waals surface area contributed by atoms with Gasteiger partial charge in [0.15, 0.2) is 11.3 Å². The van der Waals surface area contributed by atoms with Gasteiger partial charge >= 0.3 is 0 Å². The topological polar surface area (TPSA) is 102 Å². The lowest BCUT2D eigenvalue weighted by Crippen LogP contribution is -2.13. The maximum Gasteiger partial charge on any atom is 0.276 e. The van der Waals surface area contributed by atoms with Crippen molar-refractivity contribution in [3.63, 3.8) is 0 Å². The van der Waals surface area contributed by atoms with Crippen LogP contribution >= 0.6 is 31.9 Å². The molecule has 3 rings (SSSR count). The Labute approximate surface area is 145 Å². The highest BCUT2D eigenvalue weighted by Gasteiger charge is 2.18. The molecule has 0 saturated heterocycles. The Kier molecular flexibility index (Phi) is 4.09. The number of nitrogens with one attached hydrogen (secondary N) is 1. The highest BCUT2D eigenvalue weighted by Crippen LogP contribution is 2.35. The molecule has 3 aromatic rings. The summed E-state index contributed by atoms with van der Waals surface area (Å²) in [7, 11) is 0. The van der Waals surface area contributed by atoms with E-state index in [1.807, 2.05) is 0 Å². The maximum absolute atomic E-state index is 12.3. The van der Waals surface area contributed by atoms with Crippen LogP contribution < -0.4 is 5.32 Å². The fourth-order valence-electron chi connectivity index (χ4n) is 1.90. The molecule has 10 heteroatoms. The molecule has 2 aromatic heterocycles. The Morgan fingerprint density at radius 2 is 1.96 bits per heavy atom. The number of carbonyl (C=O) groups is 1. The van der Waals surface area contributed by atoms with E-state index in [9.17, 15) is 14.9 Å². The van der Waals surface area contributed by atoms with Gasteiger partial charge in [-0.2, -0.15) is 5.10 Å². The van der Waals surface area contributed by atoms with Crippen molar-refractivity contribution >= 4 is 54.8 Å². The van der Waals surface area contributed by atoms with Crippen LogP contribution in [0.3, 0.4) is 0 Å². The van der Waals surface area contributed by atoms with Gasteiger partial charge in [-0.1, -0.05) is 0 Å². The van der Waals surface area contributed by atoms with Crippen molar-refractivity contribution < 1.29 is 9.72 Å². The van der Waals surface area contributed by atoms with Gasteiger partial charge in [-0.15, -0.1) is 0 Å². The normalized spacial score (nSPS) is 10.7. The molecule has 2 heterocycles. The Bertz CT molecular complexity index is 884. The zero-order valence-electron chi connectivity index (χ0n) is 11.2. The summed E-state index contributed by atoms with van der Waals surface area (Å²) in [5.41, 5.74) is 1.00. The monoisotopic (exact) mass is 439 g/mol. The van der Waals surface area contributed by atoms with E-state index < -0.39 is 10.8 Å². The first-order valence-electron chi connectivity index (χ1n) is 6.21. The van der Waals surface area contributed by atoms with E-state index in [1.54, 1.807) is 24.5 Å². The summed E-state index contributed by atoms with van der Waals surface area (Å²) in [6.45, 7) is 0. The van der Waals surface area contributed by atoms with Gasteiger partial charge in [-0.25, -0.2) is 9.50 Å². The zero-order chi connectivity index (χ0) is 16.6. The molecule has 0 spiro atoms. The molecule has 1 aromatic carbocycles. The standard InChI is InChI=1S/C13H7Br2N5O3/c14-8-4-7(20(22)23)5-9(15)12(8)17-13(21)10-6-11-16-2-1-3-19(11)18-10/h1-6H,(H,17,21). The molecule has 0 radical (unpaired) electrons. The van der Waals surface area contributed by atoms with Gasteiger partial charge in [0.05, 0.1) is 10.6 Å². The van der Waals surface area contributed by atoms with Gasteiger partial charge < -0.3 is 5.32 Å². The quantitative estimate of drug-likeness (QED) is 0.496. The number of fused-ring (bicyclic) bond motifs is 1. The van der Waals surface area contributed by atoms with Crippen molar-refractivity contribution in [2.45, 2.75) is 0 Å². The van der Waals surface area contributed by atoms with Crippen molar-refractivity contribution in [3.8, 4) is 0 Å². The molecule has 0 bridgehead atoms. The van der Waals surface area contributed by atoms with Crippen LogP contribution in [-0.2, 0) is 0 Å². The number of anilines is 1. The highest BCUT2D eigenvalue weighted by molar-refractivity contribution is 9.11. The highest BCUT2D eigenvalue weighted by atomic mass is 79.9. The summed E-state index contributed by atoms with van der Waals surface area (Å²) >= 11 is 6.43. The van der Waals surface area contributed by atoms with Crippen LogP contribution in [0.15, 0.2) is 45.6 Å². The Morgan fingerprint density at radius 3 is 2.57 bits per heavy atom. The van der Waals surface area contributed by atoms with E-state index in [4.69, 9.17) is 0 Å². The molecule has 23 heavy (non-hydrogen) atoms. The number of carbonyl (C=O) groups excluding carboxylic acids is 1. The summed E-state index contributed by atoms with van der Waals surface area (Å²) in [4.78, 5) is 26.7. The summed E-state index contributed by atoms with van der Waals surface area (Å²) in [5, 5.41) is 17.6. The number of nitro benzene ring substituents is 1. The average molecular weight is 441 g/mol. The molecular formula is C13H7Br2N5O3. The van der Waals surface area contributed by atoms with Gasteiger partial charge in [0, 0.05) is 39.5 Å². The SMILES string of the molecule is O=C(Nc1c(Br)cc([N+](=O)[O-])cc1Br)c1cc2ncccn2n1. The minimum atomic E-state index is -0.519. The van der Waals surface area contributed by atoms with Crippen molar-refractivity contribution in [1.29, 1.82) is 0 Å². The third-order valence-electron chi connectivity index (χ3n) is 2.95. The average Bonchev–Trinajstić information content (AvgIpc) is 2.94. The van der Waals surface area contributed by atoms with Gasteiger partial charge in [0.1, 0.15) is 0 Å². The number of nitrogens with zero attached hydrogens (tertiary/aromatic N) is 4. The fourth-order valence-corrected chi connectivity index (χ4v) is 3.26. The molecule has 1 amide bonds. The van der Waals surface area contributed by atoms with Gasteiger partial charge in [-0.3, -0.25) is 14.9 Å². The molecular weight excluding hydrogens is 434 g/mol. The third-order valence-corrected chi connectivity index (χ3v) is 4.20. The van der Waals surface area contributed by atoms with E-state index in [0.717, 1.165) is 0 Å². The van der Waals surface area contributed by atoms with Crippen LogP contribution in [0.5, 0.6) is 0 Å². The minimum absolute atomic E-state index is 0.0984. The maximum atomic E-state index is 12.3. The Hall–Kier alpha value is -2.33. The minimum Gasteiger partial charge on any atom is -0.319 e. The molecule has 116 valence electrons. The number of nitro groups is 1. The predicted molar refractivity (Wildman–Crippen MR) is 89.4 cm³/mol. The number of aromatic nitrogens is 3. The summed E-state index contributed by atoms with van der Waals surface area (Å²) in [5.74, 6) is -0.453. The molecule has 0 aliphatic heterocycles. The fraction of sp³-hybridized carbons (Fsp3) is 0. The third kappa shape index (κ3) is 3.08. The first-order chi connectivity index (χ1) is 11.0. The molecule has 1 N–H and O–H groups in total. The van der Waals surface area contributed by atoms with Crippen molar-refractivity contribution in [1.82, 2.24) is 14.6 Å². The molecule has 0 aliphatic rings. The lowest BCUT2D eigenvalue weighted by Gasteiger charge is -2.08. The first kappa shape index (κ1) is 15.6.